The molecule has 1 heterocycles. The highest BCUT2D eigenvalue weighted by atomic mass is 16.1. The van der Waals surface area contributed by atoms with Gasteiger partial charge < -0.3 is 10.3 Å². The summed E-state index contributed by atoms with van der Waals surface area (Å²) in [6.07, 6.45) is 0.216. The van der Waals surface area contributed by atoms with Crippen LogP contribution in [0.3, 0.4) is 0 Å². The quantitative estimate of drug-likeness (QED) is 0.895. The van der Waals surface area contributed by atoms with E-state index >= 15 is 0 Å². The van der Waals surface area contributed by atoms with Gasteiger partial charge in [-0.3, -0.25) is 4.79 Å². The fourth-order valence-corrected chi connectivity index (χ4v) is 2.15. The third-order valence-electron chi connectivity index (χ3n) is 3.40. The summed E-state index contributed by atoms with van der Waals surface area (Å²) in [5.74, 6) is -0.0874. The molecule has 0 fully saturated rings. The van der Waals surface area contributed by atoms with Gasteiger partial charge in [0.05, 0.1) is 6.42 Å². The minimum atomic E-state index is -0.381. The maximum atomic E-state index is 12.0. The highest BCUT2D eigenvalue weighted by molar-refractivity contribution is 5.79. The van der Waals surface area contributed by atoms with Crippen molar-refractivity contribution < 1.29 is 4.79 Å². The molecular weight excluding hydrogens is 266 g/mol. The van der Waals surface area contributed by atoms with Crippen LogP contribution in [0.15, 0.2) is 29.1 Å². The smallest absolute Gasteiger partial charge is 0.345 e. The Morgan fingerprint density at radius 1 is 1.19 bits per heavy atom. The predicted molar refractivity (Wildman–Crippen MR) is 81.1 cm³/mol. The molecule has 21 heavy (non-hydrogen) atoms. The largest absolute Gasteiger partial charge is 0.352 e. The van der Waals surface area contributed by atoms with Crippen LogP contribution in [0.2, 0.25) is 0 Å². The van der Waals surface area contributed by atoms with Crippen LogP contribution in [0.5, 0.6) is 0 Å². The Morgan fingerprint density at radius 2 is 1.86 bits per heavy atom. The molecule has 1 aromatic carbocycles. The van der Waals surface area contributed by atoms with Crippen LogP contribution in [0.1, 0.15) is 28.1 Å². The average molecular weight is 285 g/mol. The van der Waals surface area contributed by atoms with Crippen molar-refractivity contribution in [3.8, 4) is 0 Å². The van der Waals surface area contributed by atoms with Crippen molar-refractivity contribution >= 4 is 5.91 Å². The number of rotatable bonds is 4. The molecule has 110 valence electrons. The van der Waals surface area contributed by atoms with Crippen LogP contribution >= 0.6 is 0 Å². The van der Waals surface area contributed by atoms with E-state index in [0.29, 0.717) is 17.9 Å². The Bertz CT molecular complexity index is 676. The first-order valence-electron chi connectivity index (χ1n) is 6.84. The van der Waals surface area contributed by atoms with E-state index in [4.69, 9.17) is 0 Å². The second-order valence-corrected chi connectivity index (χ2v) is 5.17. The van der Waals surface area contributed by atoms with E-state index in [2.05, 4.69) is 15.3 Å². The van der Waals surface area contributed by atoms with Crippen LogP contribution in [-0.4, -0.2) is 15.9 Å². The third-order valence-corrected chi connectivity index (χ3v) is 3.40. The summed E-state index contributed by atoms with van der Waals surface area (Å²) in [6.45, 7) is 6.04. The number of carbonyl (C=O) groups excluding carboxylic acids is 1. The summed E-state index contributed by atoms with van der Waals surface area (Å²) in [4.78, 5) is 29.7. The molecule has 0 atom stereocenters. The van der Waals surface area contributed by atoms with E-state index in [-0.39, 0.29) is 18.0 Å². The topological polar surface area (TPSA) is 74.8 Å². The number of nitrogens with zero attached hydrogens (tertiary/aromatic N) is 1. The van der Waals surface area contributed by atoms with Crippen molar-refractivity contribution in [2.24, 2.45) is 0 Å². The average Bonchev–Trinajstić information content (AvgIpc) is 2.42. The summed E-state index contributed by atoms with van der Waals surface area (Å²) in [5, 5.41) is 2.88. The molecule has 0 aliphatic heterocycles. The number of hydrogen-bond donors (Lipinski definition) is 2. The second kappa shape index (κ2) is 6.35. The molecule has 2 rings (SSSR count). The summed E-state index contributed by atoms with van der Waals surface area (Å²) in [6, 6.07) is 8.02. The zero-order chi connectivity index (χ0) is 15.4. The van der Waals surface area contributed by atoms with Crippen molar-refractivity contribution in [1.82, 2.24) is 15.3 Å². The molecule has 5 nitrogen and oxygen atoms in total. The minimum Gasteiger partial charge on any atom is -0.352 e. The maximum Gasteiger partial charge on any atom is 0.345 e. The van der Waals surface area contributed by atoms with Crippen LogP contribution < -0.4 is 11.0 Å². The lowest BCUT2D eigenvalue weighted by Crippen LogP contribution is -2.26. The fraction of sp³-hybridized carbons (Fsp3) is 0.312. The number of aromatic amines is 1. The van der Waals surface area contributed by atoms with Gasteiger partial charge in [0, 0.05) is 23.5 Å². The molecule has 0 spiro atoms. The van der Waals surface area contributed by atoms with Gasteiger partial charge in [0.15, 0.2) is 0 Å². The van der Waals surface area contributed by atoms with Gasteiger partial charge in [0.2, 0.25) is 5.91 Å². The first kappa shape index (κ1) is 15.0. The Balaban J connectivity index is 1.99. The lowest BCUT2D eigenvalue weighted by Gasteiger charge is -2.09. The van der Waals surface area contributed by atoms with Gasteiger partial charge in [0.1, 0.15) is 0 Å². The number of aryl methyl sites for hydroxylation is 3. The van der Waals surface area contributed by atoms with Gasteiger partial charge in [0.25, 0.3) is 0 Å². The Hall–Kier alpha value is -2.43. The Labute approximate surface area is 123 Å². The Morgan fingerprint density at radius 3 is 2.48 bits per heavy atom. The maximum absolute atomic E-state index is 12.0. The lowest BCUT2D eigenvalue weighted by molar-refractivity contribution is -0.120. The van der Waals surface area contributed by atoms with Crippen molar-refractivity contribution in [3.05, 3.63) is 62.8 Å². The molecule has 2 aromatic rings. The number of hydrogen-bond acceptors (Lipinski definition) is 3. The molecule has 0 radical (unpaired) electrons. The number of nitrogens with one attached hydrogen (secondary N) is 2. The normalized spacial score (nSPS) is 10.4. The van der Waals surface area contributed by atoms with Crippen LogP contribution in [0.25, 0.3) is 0 Å². The zero-order valence-corrected chi connectivity index (χ0v) is 12.5. The number of amides is 1. The molecule has 0 aliphatic rings. The molecular formula is C16H19N3O2. The minimum absolute atomic E-state index is 0.0874. The molecule has 2 N–H and O–H groups in total. The van der Waals surface area contributed by atoms with Crippen LogP contribution in [-0.2, 0) is 17.8 Å². The van der Waals surface area contributed by atoms with Crippen LogP contribution in [0.4, 0.5) is 0 Å². The molecule has 1 aromatic heterocycles. The summed E-state index contributed by atoms with van der Waals surface area (Å²) < 4.78 is 0. The van der Waals surface area contributed by atoms with Gasteiger partial charge in [-0.05, 0) is 26.3 Å². The number of H-pyrrole nitrogens is 1. The van der Waals surface area contributed by atoms with Gasteiger partial charge in [-0.2, -0.15) is 4.98 Å². The Kier molecular flexibility index (Phi) is 4.52. The first-order valence-corrected chi connectivity index (χ1v) is 6.84. The molecule has 0 saturated carbocycles. The molecule has 1 amide bonds. The SMILES string of the molecule is Cc1ccc(CNC(=O)Cc2c(C)nc(=O)[nH]c2C)cc1. The van der Waals surface area contributed by atoms with E-state index in [1.165, 1.54) is 5.56 Å². The number of aromatic nitrogens is 2. The van der Waals surface area contributed by atoms with E-state index in [0.717, 1.165) is 11.1 Å². The number of benzene rings is 1. The fourth-order valence-electron chi connectivity index (χ4n) is 2.15. The summed E-state index contributed by atoms with van der Waals surface area (Å²) in [7, 11) is 0. The van der Waals surface area contributed by atoms with Crippen molar-refractivity contribution in [3.63, 3.8) is 0 Å². The molecule has 5 heteroatoms. The highest BCUT2D eigenvalue weighted by Crippen LogP contribution is 2.08. The molecule has 0 bridgehead atoms. The third kappa shape index (κ3) is 4.02. The van der Waals surface area contributed by atoms with Gasteiger partial charge in [-0.15, -0.1) is 0 Å². The number of carbonyl (C=O) groups is 1. The zero-order valence-electron chi connectivity index (χ0n) is 12.5. The predicted octanol–water partition coefficient (Wildman–Crippen LogP) is 1.55. The lowest BCUT2D eigenvalue weighted by atomic mass is 10.1. The monoisotopic (exact) mass is 285 g/mol. The highest BCUT2D eigenvalue weighted by Gasteiger charge is 2.10. The van der Waals surface area contributed by atoms with E-state index in [9.17, 15) is 9.59 Å². The summed E-state index contributed by atoms with van der Waals surface area (Å²) in [5.41, 5.74) is 3.93. The molecule has 0 saturated heterocycles. The van der Waals surface area contributed by atoms with Crippen molar-refractivity contribution in [2.45, 2.75) is 33.7 Å². The molecule has 0 aliphatic carbocycles. The van der Waals surface area contributed by atoms with E-state index in [1.54, 1.807) is 13.8 Å². The molecule has 0 unspecified atom stereocenters. The van der Waals surface area contributed by atoms with Gasteiger partial charge in [-0.25, -0.2) is 4.79 Å². The second-order valence-electron chi connectivity index (χ2n) is 5.17. The van der Waals surface area contributed by atoms with Crippen molar-refractivity contribution in [2.75, 3.05) is 0 Å². The van der Waals surface area contributed by atoms with Crippen LogP contribution in [0, 0.1) is 20.8 Å². The van der Waals surface area contributed by atoms with Gasteiger partial charge in [-0.1, -0.05) is 29.8 Å². The summed E-state index contributed by atoms with van der Waals surface area (Å²) >= 11 is 0. The van der Waals surface area contributed by atoms with Crippen molar-refractivity contribution in [1.29, 1.82) is 0 Å². The van der Waals surface area contributed by atoms with E-state index < -0.39 is 0 Å². The standard InChI is InChI=1S/C16H19N3O2/c1-10-4-6-13(7-5-10)9-17-15(20)8-14-11(2)18-16(21)19-12(14)3/h4-7H,8-9H2,1-3H3,(H,17,20)(H,18,19,21). The van der Waals surface area contributed by atoms with E-state index in [1.807, 2.05) is 31.2 Å². The first-order chi connectivity index (χ1) is 9.95. The van der Waals surface area contributed by atoms with Gasteiger partial charge >= 0.3 is 5.69 Å².